The third kappa shape index (κ3) is 5.95. The van der Waals surface area contributed by atoms with Crippen molar-refractivity contribution >= 4 is 34.7 Å². The minimum atomic E-state index is -0.0421. The van der Waals surface area contributed by atoms with Crippen molar-refractivity contribution < 1.29 is 18.8 Å². The van der Waals surface area contributed by atoms with Crippen LogP contribution >= 0.6 is 22.7 Å². The molecule has 0 saturated carbocycles. The zero-order valence-corrected chi connectivity index (χ0v) is 20.9. The predicted octanol–water partition coefficient (Wildman–Crippen LogP) is 6.24. The first-order chi connectivity index (χ1) is 16.5. The number of rotatable bonds is 10. The SMILES string of the molecule is COc1cc(/C=C/C(=O)N(Cc2cccs2)Cc2cccs2)ccc1OCc1c(C)noc1C. The van der Waals surface area contributed by atoms with Crippen LogP contribution in [0.1, 0.15) is 32.3 Å². The van der Waals surface area contributed by atoms with Crippen molar-refractivity contribution in [1.82, 2.24) is 10.1 Å². The Labute approximate surface area is 207 Å². The fourth-order valence-electron chi connectivity index (χ4n) is 3.43. The smallest absolute Gasteiger partial charge is 0.247 e. The summed E-state index contributed by atoms with van der Waals surface area (Å²) in [6.07, 6.45) is 3.42. The van der Waals surface area contributed by atoms with Gasteiger partial charge in [0.2, 0.25) is 5.91 Å². The normalized spacial score (nSPS) is 11.1. The number of aromatic nitrogens is 1. The highest BCUT2D eigenvalue weighted by Crippen LogP contribution is 2.30. The average Bonchev–Trinajstić information content (AvgIpc) is 3.61. The van der Waals surface area contributed by atoms with Gasteiger partial charge in [0, 0.05) is 15.8 Å². The van der Waals surface area contributed by atoms with Crippen LogP contribution in [0, 0.1) is 13.8 Å². The van der Waals surface area contributed by atoms with Crippen LogP contribution in [0.4, 0.5) is 0 Å². The van der Waals surface area contributed by atoms with Gasteiger partial charge in [0.05, 0.1) is 31.5 Å². The van der Waals surface area contributed by atoms with Crippen molar-refractivity contribution in [2.75, 3.05) is 7.11 Å². The fourth-order valence-corrected chi connectivity index (χ4v) is 4.87. The van der Waals surface area contributed by atoms with Crippen LogP contribution in [0.25, 0.3) is 6.08 Å². The van der Waals surface area contributed by atoms with Crippen molar-refractivity contribution in [3.8, 4) is 11.5 Å². The van der Waals surface area contributed by atoms with Crippen molar-refractivity contribution in [1.29, 1.82) is 0 Å². The molecule has 1 amide bonds. The molecule has 1 aromatic carbocycles. The second-order valence-corrected chi connectivity index (χ2v) is 9.75. The van der Waals surface area contributed by atoms with E-state index in [1.165, 1.54) is 0 Å². The molecular weight excluding hydrogens is 468 g/mol. The summed E-state index contributed by atoms with van der Waals surface area (Å²) in [4.78, 5) is 17.2. The van der Waals surface area contributed by atoms with Crippen LogP contribution in [-0.4, -0.2) is 23.1 Å². The molecule has 0 atom stereocenters. The number of hydrogen-bond donors (Lipinski definition) is 0. The molecular formula is C26H26N2O4S2. The van der Waals surface area contributed by atoms with E-state index >= 15 is 0 Å². The summed E-state index contributed by atoms with van der Waals surface area (Å²) in [7, 11) is 1.60. The average molecular weight is 495 g/mol. The third-order valence-electron chi connectivity index (χ3n) is 5.32. The van der Waals surface area contributed by atoms with E-state index in [-0.39, 0.29) is 5.91 Å². The number of benzene rings is 1. The van der Waals surface area contributed by atoms with E-state index in [1.807, 2.05) is 59.8 Å². The van der Waals surface area contributed by atoms with Gasteiger partial charge < -0.3 is 18.9 Å². The molecule has 6 nitrogen and oxygen atoms in total. The van der Waals surface area contributed by atoms with Gasteiger partial charge in [-0.25, -0.2) is 0 Å². The summed E-state index contributed by atoms with van der Waals surface area (Å²) < 4.78 is 16.7. The fraction of sp³-hybridized carbons (Fsp3) is 0.231. The molecule has 0 unspecified atom stereocenters. The van der Waals surface area contributed by atoms with Crippen molar-refractivity contribution in [2.24, 2.45) is 0 Å². The van der Waals surface area contributed by atoms with Crippen molar-refractivity contribution in [2.45, 2.75) is 33.5 Å². The number of hydrogen-bond acceptors (Lipinski definition) is 7. The molecule has 0 aliphatic rings. The molecule has 34 heavy (non-hydrogen) atoms. The number of aryl methyl sites for hydroxylation is 2. The highest BCUT2D eigenvalue weighted by molar-refractivity contribution is 7.10. The lowest BCUT2D eigenvalue weighted by Gasteiger charge is -2.20. The monoisotopic (exact) mass is 494 g/mol. The molecule has 0 bridgehead atoms. The highest BCUT2D eigenvalue weighted by atomic mass is 32.1. The number of carbonyl (C=O) groups excluding carboxylic acids is 1. The Kier molecular flexibility index (Phi) is 7.82. The molecule has 3 heterocycles. The van der Waals surface area contributed by atoms with Crippen LogP contribution in [0.15, 0.2) is 63.8 Å². The van der Waals surface area contributed by atoms with Gasteiger partial charge in [-0.05, 0) is 60.5 Å². The molecule has 4 rings (SSSR count). The van der Waals surface area contributed by atoms with Gasteiger partial charge in [0.15, 0.2) is 11.5 Å². The minimum Gasteiger partial charge on any atom is -0.493 e. The van der Waals surface area contributed by atoms with E-state index in [9.17, 15) is 4.79 Å². The first-order valence-electron chi connectivity index (χ1n) is 10.8. The molecule has 0 fully saturated rings. The van der Waals surface area contributed by atoms with Crippen LogP contribution in [0.3, 0.4) is 0 Å². The van der Waals surface area contributed by atoms with Crippen molar-refractivity contribution in [3.63, 3.8) is 0 Å². The third-order valence-corrected chi connectivity index (χ3v) is 7.05. The summed E-state index contributed by atoms with van der Waals surface area (Å²) in [5, 5.41) is 8.01. The maximum Gasteiger partial charge on any atom is 0.247 e. The van der Waals surface area contributed by atoms with E-state index in [2.05, 4.69) is 17.3 Å². The van der Waals surface area contributed by atoms with Crippen LogP contribution in [0.5, 0.6) is 11.5 Å². The molecule has 0 N–H and O–H groups in total. The molecule has 4 aromatic rings. The second-order valence-electron chi connectivity index (χ2n) is 7.69. The summed E-state index contributed by atoms with van der Waals surface area (Å²) in [5.74, 6) is 1.90. The summed E-state index contributed by atoms with van der Waals surface area (Å²) >= 11 is 3.31. The van der Waals surface area contributed by atoms with E-state index < -0.39 is 0 Å². The lowest BCUT2D eigenvalue weighted by atomic mass is 10.1. The Morgan fingerprint density at radius 3 is 2.32 bits per heavy atom. The summed E-state index contributed by atoms with van der Waals surface area (Å²) in [6, 6.07) is 13.7. The van der Waals surface area contributed by atoms with Gasteiger partial charge in [0.25, 0.3) is 0 Å². The Balaban J connectivity index is 1.45. The first kappa shape index (κ1) is 23.8. The van der Waals surface area contributed by atoms with E-state index in [0.717, 1.165) is 32.3 Å². The van der Waals surface area contributed by atoms with Gasteiger partial charge in [-0.15, -0.1) is 22.7 Å². The standard InChI is InChI=1S/C26H26N2O4S2/c1-18-23(19(2)32-27-18)17-31-24-10-8-20(14-25(24)30-3)9-11-26(29)28(15-21-6-4-12-33-21)16-22-7-5-13-34-22/h4-14H,15-17H2,1-3H3/b11-9+. The minimum absolute atomic E-state index is 0.0421. The summed E-state index contributed by atoms with van der Waals surface area (Å²) in [6.45, 7) is 5.25. The maximum absolute atomic E-state index is 13.1. The number of methoxy groups -OCH3 is 1. The topological polar surface area (TPSA) is 64.8 Å². The lowest BCUT2D eigenvalue weighted by molar-refractivity contribution is -0.127. The molecule has 3 aromatic heterocycles. The number of carbonyl (C=O) groups is 1. The zero-order chi connectivity index (χ0) is 23.9. The largest absolute Gasteiger partial charge is 0.493 e. The zero-order valence-electron chi connectivity index (χ0n) is 19.3. The predicted molar refractivity (Wildman–Crippen MR) is 135 cm³/mol. The maximum atomic E-state index is 13.1. The highest BCUT2D eigenvalue weighted by Gasteiger charge is 2.14. The van der Waals surface area contributed by atoms with E-state index in [0.29, 0.717) is 31.2 Å². The van der Waals surface area contributed by atoms with Gasteiger partial charge in [-0.2, -0.15) is 0 Å². The Morgan fingerprint density at radius 2 is 1.76 bits per heavy atom. The lowest BCUT2D eigenvalue weighted by Crippen LogP contribution is -2.27. The first-order valence-corrected chi connectivity index (χ1v) is 12.5. The van der Waals surface area contributed by atoms with Gasteiger partial charge in [-0.1, -0.05) is 23.4 Å². The number of thiophene rings is 2. The van der Waals surface area contributed by atoms with E-state index in [1.54, 1.807) is 41.9 Å². The van der Waals surface area contributed by atoms with Crippen LogP contribution in [0.2, 0.25) is 0 Å². The number of nitrogens with zero attached hydrogens (tertiary/aromatic N) is 2. The quantitative estimate of drug-likeness (QED) is 0.244. The molecule has 0 spiro atoms. The number of ether oxygens (including phenoxy) is 2. The van der Waals surface area contributed by atoms with Gasteiger partial charge in [-0.3, -0.25) is 4.79 Å². The summed E-state index contributed by atoms with van der Waals surface area (Å²) in [5.41, 5.74) is 2.58. The molecule has 0 saturated heterocycles. The Bertz CT molecular complexity index is 1190. The Morgan fingerprint density at radius 1 is 1.06 bits per heavy atom. The number of amides is 1. The second kappa shape index (κ2) is 11.2. The van der Waals surface area contributed by atoms with Gasteiger partial charge >= 0.3 is 0 Å². The van der Waals surface area contributed by atoms with E-state index in [4.69, 9.17) is 14.0 Å². The molecule has 0 aliphatic carbocycles. The van der Waals surface area contributed by atoms with Crippen LogP contribution in [-0.2, 0) is 24.5 Å². The molecule has 8 heteroatoms. The molecule has 176 valence electrons. The molecule has 0 aliphatic heterocycles. The Hall–Kier alpha value is -3.36. The molecule has 0 radical (unpaired) electrons. The van der Waals surface area contributed by atoms with Gasteiger partial charge in [0.1, 0.15) is 12.4 Å². The van der Waals surface area contributed by atoms with Crippen LogP contribution < -0.4 is 9.47 Å². The van der Waals surface area contributed by atoms with Crippen molar-refractivity contribution in [3.05, 3.63) is 91.6 Å².